The van der Waals surface area contributed by atoms with Crippen LogP contribution in [0.3, 0.4) is 0 Å². The molecular formula is C13H14N2OS. The van der Waals surface area contributed by atoms with Crippen LogP contribution >= 0.6 is 11.3 Å². The third-order valence-electron chi connectivity index (χ3n) is 3.92. The summed E-state index contributed by atoms with van der Waals surface area (Å²) in [5.41, 5.74) is 2.68. The lowest BCUT2D eigenvalue weighted by Crippen LogP contribution is -2.24. The maximum absolute atomic E-state index is 5.48. The zero-order chi connectivity index (χ0) is 11.2. The second kappa shape index (κ2) is 3.68. The number of hydrogen-bond acceptors (Lipinski definition) is 3. The highest BCUT2D eigenvalue weighted by Gasteiger charge is 2.35. The van der Waals surface area contributed by atoms with Crippen LogP contribution in [0.15, 0.2) is 24.0 Å². The second-order valence-electron chi connectivity index (χ2n) is 4.78. The normalized spacial score (nSPS) is 23.6. The first-order chi connectivity index (χ1) is 8.45. The molecule has 0 N–H and O–H groups in total. The zero-order valence-electron chi connectivity index (χ0n) is 9.50. The lowest BCUT2D eigenvalue weighted by molar-refractivity contribution is 0.0556. The van der Waals surface area contributed by atoms with Gasteiger partial charge in [0.05, 0.1) is 24.3 Å². The molecule has 4 heteroatoms. The van der Waals surface area contributed by atoms with Gasteiger partial charge in [-0.15, -0.1) is 11.3 Å². The van der Waals surface area contributed by atoms with E-state index in [0.717, 1.165) is 13.2 Å². The third-order valence-corrected chi connectivity index (χ3v) is 4.91. The number of rotatable bonds is 1. The zero-order valence-corrected chi connectivity index (χ0v) is 10.3. The molecule has 17 heavy (non-hydrogen) atoms. The summed E-state index contributed by atoms with van der Waals surface area (Å²) >= 11 is 1.89. The largest absolute Gasteiger partial charge is 0.381 e. The van der Waals surface area contributed by atoms with Crippen LogP contribution in [-0.4, -0.2) is 22.8 Å². The molecule has 3 nitrogen and oxygen atoms in total. The van der Waals surface area contributed by atoms with Crippen molar-refractivity contribution in [3.05, 3.63) is 28.8 Å². The standard InChI is InChI=1S/C13H14N2OS/c1-4-16-5-2-9(1)12-13-10(3-6-17-13)11-7-14-8-15(11)12/h3,6-9,12H,1-2,4-5H2. The van der Waals surface area contributed by atoms with Crippen LogP contribution in [0.2, 0.25) is 0 Å². The molecule has 2 aliphatic rings. The summed E-state index contributed by atoms with van der Waals surface area (Å²) in [6.07, 6.45) is 6.31. The molecule has 1 saturated heterocycles. The minimum absolute atomic E-state index is 0.506. The van der Waals surface area contributed by atoms with E-state index >= 15 is 0 Å². The van der Waals surface area contributed by atoms with Gasteiger partial charge in [0.1, 0.15) is 0 Å². The Balaban J connectivity index is 1.81. The van der Waals surface area contributed by atoms with E-state index in [1.165, 1.54) is 29.0 Å². The minimum atomic E-state index is 0.506. The number of aromatic nitrogens is 2. The smallest absolute Gasteiger partial charge is 0.0957 e. The lowest BCUT2D eigenvalue weighted by atomic mass is 9.91. The molecule has 1 unspecified atom stereocenters. The van der Waals surface area contributed by atoms with E-state index in [4.69, 9.17) is 4.74 Å². The highest BCUT2D eigenvalue weighted by molar-refractivity contribution is 7.10. The van der Waals surface area contributed by atoms with Crippen molar-refractivity contribution in [2.75, 3.05) is 13.2 Å². The Morgan fingerprint density at radius 3 is 3.12 bits per heavy atom. The van der Waals surface area contributed by atoms with Crippen molar-refractivity contribution in [2.24, 2.45) is 5.92 Å². The third kappa shape index (κ3) is 1.34. The number of hydrogen-bond donors (Lipinski definition) is 0. The first-order valence-electron chi connectivity index (χ1n) is 6.12. The number of ether oxygens (including phenoxy) is 1. The molecule has 1 atom stereocenters. The van der Waals surface area contributed by atoms with Gasteiger partial charge in [0.15, 0.2) is 0 Å². The van der Waals surface area contributed by atoms with Crippen molar-refractivity contribution < 1.29 is 4.74 Å². The molecule has 2 aromatic heterocycles. The SMILES string of the molecule is c1cc2c(s1)C(C1CCOCC1)n1cncc1-2. The molecule has 0 aliphatic carbocycles. The Kier molecular flexibility index (Phi) is 2.13. The molecule has 2 aromatic rings. The van der Waals surface area contributed by atoms with Crippen molar-refractivity contribution in [1.82, 2.24) is 9.55 Å². The fourth-order valence-corrected chi connectivity index (χ4v) is 4.19. The van der Waals surface area contributed by atoms with Gasteiger partial charge >= 0.3 is 0 Å². The number of fused-ring (bicyclic) bond motifs is 3. The molecule has 0 bridgehead atoms. The van der Waals surface area contributed by atoms with Crippen molar-refractivity contribution in [2.45, 2.75) is 18.9 Å². The van der Waals surface area contributed by atoms with Crippen molar-refractivity contribution >= 4 is 11.3 Å². The Morgan fingerprint density at radius 1 is 1.35 bits per heavy atom. The molecule has 1 fully saturated rings. The molecule has 2 aliphatic heterocycles. The van der Waals surface area contributed by atoms with E-state index < -0.39 is 0 Å². The monoisotopic (exact) mass is 246 g/mol. The summed E-state index contributed by atoms with van der Waals surface area (Å²) < 4.78 is 7.83. The molecule has 0 saturated carbocycles. The van der Waals surface area contributed by atoms with Gasteiger partial charge in [-0.3, -0.25) is 0 Å². The quantitative estimate of drug-likeness (QED) is 0.773. The summed E-state index contributed by atoms with van der Waals surface area (Å²) in [7, 11) is 0. The number of imidazole rings is 1. The summed E-state index contributed by atoms with van der Waals surface area (Å²) in [6.45, 7) is 1.82. The Morgan fingerprint density at radius 2 is 2.24 bits per heavy atom. The predicted octanol–water partition coefficient (Wildman–Crippen LogP) is 2.94. The minimum Gasteiger partial charge on any atom is -0.381 e. The Labute approximate surface area is 104 Å². The van der Waals surface area contributed by atoms with Crippen LogP contribution in [0.5, 0.6) is 0 Å². The molecule has 0 amide bonds. The second-order valence-corrected chi connectivity index (χ2v) is 5.73. The Hall–Kier alpha value is -1.13. The lowest BCUT2D eigenvalue weighted by Gasteiger charge is -2.28. The molecule has 0 spiro atoms. The summed E-state index contributed by atoms with van der Waals surface area (Å²) in [6, 6.07) is 2.73. The van der Waals surface area contributed by atoms with Crippen molar-refractivity contribution in [3.8, 4) is 11.3 Å². The van der Waals surface area contributed by atoms with Crippen LogP contribution in [0.4, 0.5) is 0 Å². The van der Waals surface area contributed by atoms with Crippen LogP contribution in [-0.2, 0) is 4.74 Å². The van der Waals surface area contributed by atoms with Gasteiger partial charge in [-0.1, -0.05) is 0 Å². The first-order valence-corrected chi connectivity index (χ1v) is 7.00. The van der Waals surface area contributed by atoms with Gasteiger partial charge in [-0.25, -0.2) is 4.98 Å². The van der Waals surface area contributed by atoms with E-state index in [-0.39, 0.29) is 0 Å². The predicted molar refractivity (Wildman–Crippen MR) is 67.2 cm³/mol. The van der Waals surface area contributed by atoms with Crippen molar-refractivity contribution in [1.29, 1.82) is 0 Å². The van der Waals surface area contributed by atoms with Crippen LogP contribution < -0.4 is 0 Å². The summed E-state index contributed by atoms with van der Waals surface area (Å²) in [5.74, 6) is 0.705. The summed E-state index contributed by atoms with van der Waals surface area (Å²) in [4.78, 5) is 5.83. The fraction of sp³-hybridized carbons (Fsp3) is 0.462. The molecule has 4 heterocycles. The maximum atomic E-state index is 5.48. The highest BCUT2D eigenvalue weighted by atomic mass is 32.1. The van der Waals surface area contributed by atoms with Gasteiger partial charge in [-0.2, -0.15) is 0 Å². The fourth-order valence-electron chi connectivity index (χ4n) is 3.10. The van der Waals surface area contributed by atoms with Gasteiger partial charge in [0.25, 0.3) is 0 Å². The number of nitrogens with zero attached hydrogens (tertiary/aromatic N) is 2. The van der Waals surface area contributed by atoms with Crippen LogP contribution in [0.1, 0.15) is 23.8 Å². The van der Waals surface area contributed by atoms with Gasteiger partial charge < -0.3 is 9.30 Å². The van der Waals surface area contributed by atoms with Crippen LogP contribution in [0, 0.1) is 5.92 Å². The van der Waals surface area contributed by atoms with Gasteiger partial charge in [-0.05, 0) is 30.2 Å². The summed E-state index contributed by atoms with van der Waals surface area (Å²) in [5, 5.41) is 2.20. The van der Waals surface area contributed by atoms with Crippen LogP contribution in [0.25, 0.3) is 11.3 Å². The molecule has 0 radical (unpaired) electrons. The molecule has 88 valence electrons. The molecule has 4 rings (SSSR count). The molecule has 0 aromatic carbocycles. The molecular weight excluding hydrogens is 232 g/mol. The number of thiophene rings is 1. The Bertz CT molecular complexity index is 499. The van der Waals surface area contributed by atoms with E-state index in [0.29, 0.717) is 12.0 Å². The highest BCUT2D eigenvalue weighted by Crippen LogP contribution is 2.47. The van der Waals surface area contributed by atoms with Crippen molar-refractivity contribution in [3.63, 3.8) is 0 Å². The van der Waals surface area contributed by atoms with E-state index in [2.05, 4.69) is 21.0 Å². The average molecular weight is 246 g/mol. The van der Waals surface area contributed by atoms with Gasteiger partial charge in [0, 0.05) is 23.7 Å². The van der Waals surface area contributed by atoms with E-state index in [9.17, 15) is 0 Å². The van der Waals surface area contributed by atoms with E-state index in [1.54, 1.807) is 0 Å². The van der Waals surface area contributed by atoms with Gasteiger partial charge in [0.2, 0.25) is 0 Å². The maximum Gasteiger partial charge on any atom is 0.0957 e. The first kappa shape index (κ1) is 9.85. The topological polar surface area (TPSA) is 27.1 Å². The van der Waals surface area contributed by atoms with E-state index in [1.807, 2.05) is 23.9 Å². The average Bonchev–Trinajstić information content (AvgIpc) is 3.01.